The standard InChI is InChI=1S/C29H29N6O3/c1-17(2)20-13-8-9-14-21(20)32-22-15-10-16-23-24(22)25(19-11-6-5-7-12-19)31-26-28(37)35(23,4)34(27(36)18(3)30)33(26)29(32)38/h5-18,26H,30H2,1-4H3/q+1/t18-,26?,35+/m0/s1. The van der Waals surface area contributed by atoms with E-state index in [2.05, 4.69) is 13.8 Å². The average Bonchev–Trinajstić information content (AvgIpc) is 3.07. The van der Waals surface area contributed by atoms with Crippen molar-refractivity contribution in [2.75, 3.05) is 11.9 Å². The average molecular weight is 510 g/mol. The smallest absolute Gasteiger partial charge is 0.320 e. The number of nitrogens with two attached hydrogens (primary N) is 1. The van der Waals surface area contributed by atoms with Gasteiger partial charge in [-0.1, -0.05) is 73.6 Å². The van der Waals surface area contributed by atoms with Gasteiger partial charge in [0.15, 0.2) is 5.69 Å². The molecule has 0 spiro atoms. The molecule has 9 heteroatoms. The number of para-hydroxylation sites is 1. The molecule has 4 aliphatic rings. The molecular formula is C29H29N6O3+. The van der Waals surface area contributed by atoms with E-state index in [1.807, 2.05) is 72.8 Å². The van der Waals surface area contributed by atoms with Crippen LogP contribution < -0.4 is 15.2 Å². The van der Waals surface area contributed by atoms with Crippen molar-refractivity contribution in [3.8, 4) is 0 Å². The molecule has 6 bridgehead atoms. The van der Waals surface area contributed by atoms with Crippen molar-refractivity contribution in [1.82, 2.24) is 14.7 Å². The third kappa shape index (κ3) is 3.06. The minimum absolute atomic E-state index is 0.111. The number of hydrogen-bond donors (Lipinski definition) is 1. The third-order valence-electron chi connectivity index (χ3n) is 7.50. The fourth-order valence-corrected chi connectivity index (χ4v) is 5.66. The Morgan fingerprint density at radius 3 is 2.26 bits per heavy atom. The molecule has 2 N–H and O–H groups in total. The summed E-state index contributed by atoms with van der Waals surface area (Å²) < 4.78 is -0.556. The molecule has 3 aromatic carbocycles. The molecule has 0 aromatic heterocycles. The number of anilines is 2. The van der Waals surface area contributed by atoms with Crippen LogP contribution in [0, 0.1) is 0 Å². The van der Waals surface area contributed by atoms with Crippen LogP contribution in [0.4, 0.5) is 21.9 Å². The van der Waals surface area contributed by atoms with Crippen LogP contribution in [-0.2, 0) is 9.59 Å². The number of benzene rings is 3. The molecule has 4 aliphatic heterocycles. The summed E-state index contributed by atoms with van der Waals surface area (Å²) in [6.07, 6.45) is -1.25. The molecule has 3 aromatic rings. The molecule has 0 radical (unpaired) electrons. The second kappa shape index (κ2) is 8.34. The van der Waals surface area contributed by atoms with E-state index < -0.39 is 34.6 Å². The second-order valence-corrected chi connectivity index (χ2v) is 10.3. The number of rotatable bonds is 4. The molecule has 38 heavy (non-hydrogen) atoms. The number of quaternary nitrogens is 1. The van der Waals surface area contributed by atoms with Gasteiger partial charge in [0.25, 0.3) is 6.17 Å². The van der Waals surface area contributed by atoms with Gasteiger partial charge in [0.1, 0.15) is 7.05 Å². The number of hydrazine groups is 1. The summed E-state index contributed by atoms with van der Waals surface area (Å²) in [7, 11) is 1.63. The first kappa shape index (κ1) is 24.0. The number of carbonyl (C=O) groups excluding carboxylic acids is 3. The van der Waals surface area contributed by atoms with Crippen molar-refractivity contribution < 1.29 is 14.4 Å². The largest absolute Gasteiger partial charge is 0.391 e. The number of urea groups is 1. The molecule has 7 rings (SSSR count). The Bertz CT molecular complexity index is 1530. The minimum atomic E-state index is -1.25. The highest BCUT2D eigenvalue weighted by atomic mass is 16.3. The summed E-state index contributed by atoms with van der Waals surface area (Å²) in [6.45, 7) is 5.68. The van der Waals surface area contributed by atoms with Gasteiger partial charge in [0.05, 0.1) is 28.7 Å². The molecule has 1 unspecified atom stereocenters. The highest BCUT2D eigenvalue weighted by Crippen LogP contribution is 2.49. The maximum Gasteiger partial charge on any atom is 0.391 e. The van der Waals surface area contributed by atoms with Crippen LogP contribution in [-0.4, -0.2) is 52.9 Å². The Kier molecular flexibility index (Phi) is 5.27. The van der Waals surface area contributed by atoms with Crippen LogP contribution in [0.15, 0.2) is 77.8 Å². The van der Waals surface area contributed by atoms with Crippen molar-refractivity contribution >= 4 is 40.6 Å². The SMILES string of the molecule is CC(C)c1ccccc1N1C(=O)N2C3N=C(c4ccccc4)c4c1cccc4[N@+](C)(C3=O)N2C(=O)[C@H](C)N. The highest BCUT2D eigenvalue weighted by Gasteiger charge is 2.67. The number of likely N-dealkylation sites (N-methyl/N-ethyl adjacent to an activating group) is 1. The highest BCUT2D eigenvalue weighted by molar-refractivity contribution is 6.26. The van der Waals surface area contributed by atoms with Crippen LogP contribution >= 0.6 is 0 Å². The zero-order valence-corrected chi connectivity index (χ0v) is 21.7. The van der Waals surface area contributed by atoms with Crippen LogP contribution in [0.2, 0.25) is 0 Å². The third-order valence-corrected chi connectivity index (χ3v) is 7.50. The minimum Gasteiger partial charge on any atom is -0.320 e. The number of nitrogens with zero attached hydrogens (tertiary/aromatic N) is 5. The Hall–Kier alpha value is -4.34. The quantitative estimate of drug-likeness (QED) is 0.537. The fraction of sp³-hybridized carbons (Fsp3) is 0.241. The van der Waals surface area contributed by atoms with E-state index in [9.17, 15) is 14.4 Å². The predicted molar refractivity (Wildman–Crippen MR) is 145 cm³/mol. The molecule has 9 nitrogen and oxygen atoms in total. The van der Waals surface area contributed by atoms with Crippen molar-refractivity contribution in [2.45, 2.75) is 38.9 Å². The monoisotopic (exact) mass is 509 g/mol. The summed E-state index contributed by atoms with van der Waals surface area (Å²) in [4.78, 5) is 48.9. The van der Waals surface area contributed by atoms with Crippen LogP contribution in [0.25, 0.3) is 0 Å². The zero-order valence-electron chi connectivity index (χ0n) is 21.7. The maximum atomic E-state index is 14.6. The predicted octanol–water partition coefficient (Wildman–Crippen LogP) is 4.04. The summed E-state index contributed by atoms with van der Waals surface area (Å²) in [5.74, 6) is -0.846. The lowest BCUT2D eigenvalue weighted by Gasteiger charge is -2.43. The van der Waals surface area contributed by atoms with Crippen LogP contribution in [0.3, 0.4) is 0 Å². The second-order valence-electron chi connectivity index (χ2n) is 10.3. The molecule has 0 saturated carbocycles. The number of carbonyl (C=O) groups is 3. The Balaban J connectivity index is 1.76. The molecule has 1 saturated heterocycles. The van der Waals surface area contributed by atoms with Gasteiger partial charge in [0, 0.05) is 11.6 Å². The maximum absolute atomic E-state index is 14.6. The molecular weight excluding hydrogens is 480 g/mol. The van der Waals surface area contributed by atoms with E-state index in [0.717, 1.165) is 11.1 Å². The first-order chi connectivity index (χ1) is 18.2. The Morgan fingerprint density at radius 2 is 1.58 bits per heavy atom. The molecule has 192 valence electrons. The van der Waals surface area contributed by atoms with Crippen molar-refractivity contribution in [2.24, 2.45) is 10.7 Å². The van der Waals surface area contributed by atoms with Gasteiger partial charge in [-0.3, -0.25) is 9.69 Å². The van der Waals surface area contributed by atoms with Crippen LogP contribution in [0.5, 0.6) is 0 Å². The lowest BCUT2D eigenvalue weighted by Crippen LogP contribution is -2.67. The summed E-state index contributed by atoms with van der Waals surface area (Å²) >= 11 is 0. The number of fused-ring (bicyclic) bond motifs is 1. The molecule has 0 aliphatic carbocycles. The van der Waals surface area contributed by atoms with Gasteiger partial charge >= 0.3 is 17.8 Å². The lowest BCUT2D eigenvalue weighted by atomic mass is 9.95. The fourth-order valence-electron chi connectivity index (χ4n) is 5.66. The van der Waals surface area contributed by atoms with E-state index in [1.54, 1.807) is 18.9 Å². The molecule has 1 fully saturated rings. The zero-order chi connectivity index (χ0) is 26.9. The van der Waals surface area contributed by atoms with Gasteiger partial charge in [0.2, 0.25) is 0 Å². The topological polar surface area (TPSA) is 99.3 Å². The number of aliphatic imine (C=N–C) groups is 1. The van der Waals surface area contributed by atoms with E-state index in [-0.39, 0.29) is 5.92 Å². The summed E-state index contributed by atoms with van der Waals surface area (Å²) in [6, 6.07) is 21.3. The molecule has 3 atom stereocenters. The first-order valence-electron chi connectivity index (χ1n) is 12.7. The van der Waals surface area contributed by atoms with Gasteiger partial charge in [-0.05, 0) is 30.5 Å². The van der Waals surface area contributed by atoms with Crippen molar-refractivity contribution in [3.05, 3.63) is 89.5 Å². The Morgan fingerprint density at radius 1 is 0.921 bits per heavy atom. The molecule has 4 amide bonds. The lowest BCUT2D eigenvalue weighted by molar-refractivity contribution is -0.166. The Labute approximate surface area is 220 Å². The normalized spacial score (nSPS) is 22.5. The van der Waals surface area contributed by atoms with Crippen molar-refractivity contribution in [3.63, 3.8) is 0 Å². The van der Waals surface area contributed by atoms with Gasteiger partial charge < -0.3 is 5.73 Å². The van der Waals surface area contributed by atoms with Crippen LogP contribution in [0.1, 0.15) is 43.4 Å². The van der Waals surface area contributed by atoms with Gasteiger partial charge in [-0.25, -0.2) is 14.6 Å². The number of amides is 4. The van der Waals surface area contributed by atoms with Gasteiger partial charge in [-0.2, -0.15) is 0 Å². The first-order valence-corrected chi connectivity index (χ1v) is 12.7. The summed E-state index contributed by atoms with van der Waals surface area (Å²) in [5.41, 5.74) is 10.9. The van der Waals surface area contributed by atoms with E-state index in [1.165, 1.54) is 10.1 Å². The van der Waals surface area contributed by atoms with E-state index >= 15 is 0 Å². The van der Waals surface area contributed by atoms with Crippen molar-refractivity contribution in [1.29, 1.82) is 0 Å². The van der Waals surface area contributed by atoms with E-state index in [0.29, 0.717) is 28.3 Å². The molecule has 4 heterocycles. The number of hydrogen-bond acceptors (Lipinski definition) is 5. The van der Waals surface area contributed by atoms with E-state index in [4.69, 9.17) is 10.7 Å². The summed E-state index contributed by atoms with van der Waals surface area (Å²) in [5, 5.41) is 2.38. The van der Waals surface area contributed by atoms with Gasteiger partial charge in [-0.15, -0.1) is 9.60 Å².